The highest BCUT2D eigenvalue weighted by atomic mass is 16.4. The van der Waals surface area contributed by atoms with E-state index in [1.165, 1.54) is 30.4 Å². The van der Waals surface area contributed by atoms with Gasteiger partial charge in [-0.15, -0.1) is 0 Å². The van der Waals surface area contributed by atoms with Gasteiger partial charge < -0.3 is 10.4 Å². The van der Waals surface area contributed by atoms with E-state index in [2.05, 4.69) is 43.4 Å². The highest BCUT2D eigenvalue weighted by Gasteiger charge is 2.13. The van der Waals surface area contributed by atoms with Crippen LogP contribution in [0.2, 0.25) is 0 Å². The van der Waals surface area contributed by atoms with Gasteiger partial charge in [0.15, 0.2) is 0 Å². The maximum Gasteiger partial charge on any atom is 0.304 e. The highest BCUT2D eigenvalue weighted by molar-refractivity contribution is 5.67. The van der Waals surface area contributed by atoms with E-state index in [9.17, 15) is 4.79 Å². The molecule has 0 spiro atoms. The summed E-state index contributed by atoms with van der Waals surface area (Å²) in [6.07, 6.45) is 6.82. The third kappa shape index (κ3) is 7.86. The van der Waals surface area contributed by atoms with E-state index in [1.807, 2.05) is 0 Å². The van der Waals surface area contributed by atoms with E-state index in [0.29, 0.717) is 0 Å². The molecule has 21 heavy (non-hydrogen) atoms. The van der Waals surface area contributed by atoms with Crippen molar-refractivity contribution in [1.82, 2.24) is 5.32 Å². The molecule has 0 saturated carbocycles. The first kappa shape index (κ1) is 17.7. The third-order valence-corrected chi connectivity index (χ3v) is 3.80. The van der Waals surface area contributed by atoms with Crippen LogP contribution in [0.4, 0.5) is 0 Å². The number of unbranched alkanes of at least 4 members (excludes halogenated alkanes) is 3. The van der Waals surface area contributed by atoms with Crippen LogP contribution >= 0.6 is 0 Å². The lowest BCUT2D eigenvalue weighted by Crippen LogP contribution is -2.34. The molecule has 1 aromatic carbocycles. The molecule has 1 rings (SSSR count). The Bertz CT molecular complexity index is 400. The van der Waals surface area contributed by atoms with Crippen LogP contribution in [-0.4, -0.2) is 23.7 Å². The van der Waals surface area contributed by atoms with Crippen molar-refractivity contribution in [3.8, 4) is 0 Å². The molecule has 0 saturated heterocycles. The summed E-state index contributed by atoms with van der Waals surface area (Å²) in [5, 5.41) is 12.5. The number of rotatable bonds is 11. The number of hydrogen-bond acceptors (Lipinski definition) is 2. The first-order valence-electron chi connectivity index (χ1n) is 8.18. The number of aliphatic carboxylic acids is 1. The van der Waals surface area contributed by atoms with Crippen LogP contribution < -0.4 is 5.32 Å². The maximum atomic E-state index is 11.0. The normalized spacial score (nSPS) is 12.3. The van der Waals surface area contributed by atoms with Crippen molar-refractivity contribution >= 4 is 5.97 Å². The molecule has 0 bridgehead atoms. The van der Waals surface area contributed by atoms with Gasteiger partial charge in [-0.25, -0.2) is 0 Å². The molecule has 1 unspecified atom stereocenters. The van der Waals surface area contributed by atoms with Gasteiger partial charge in [-0.05, 0) is 36.9 Å². The van der Waals surface area contributed by atoms with Gasteiger partial charge in [0.25, 0.3) is 0 Å². The van der Waals surface area contributed by atoms with Crippen molar-refractivity contribution in [2.24, 2.45) is 0 Å². The van der Waals surface area contributed by atoms with E-state index in [1.54, 1.807) is 0 Å². The van der Waals surface area contributed by atoms with E-state index in [-0.39, 0.29) is 12.5 Å². The lowest BCUT2D eigenvalue weighted by molar-refractivity contribution is -0.137. The smallest absolute Gasteiger partial charge is 0.304 e. The lowest BCUT2D eigenvalue weighted by Gasteiger charge is -2.17. The fourth-order valence-electron chi connectivity index (χ4n) is 2.48. The quantitative estimate of drug-likeness (QED) is 0.610. The Morgan fingerprint density at radius 1 is 1.10 bits per heavy atom. The Morgan fingerprint density at radius 3 is 2.33 bits per heavy atom. The van der Waals surface area contributed by atoms with E-state index in [0.717, 1.165) is 25.8 Å². The molecular weight excluding hydrogens is 262 g/mol. The van der Waals surface area contributed by atoms with Crippen molar-refractivity contribution in [2.45, 2.75) is 64.8 Å². The lowest BCUT2D eigenvalue weighted by atomic mass is 10.0. The molecule has 0 aromatic heterocycles. The molecule has 3 nitrogen and oxygen atoms in total. The molecule has 0 radical (unpaired) electrons. The maximum absolute atomic E-state index is 11.0. The van der Waals surface area contributed by atoms with Gasteiger partial charge in [-0.1, -0.05) is 57.4 Å². The van der Waals surface area contributed by atoms with Crippen LogP contribution in [0, 0.1) is 0 Å². The molecule has 0 aliphatic rings. The number of carbonyl (C=O) groups is 1. The predicted octanol–water partition coefficient (Wildman–Crippen LogP) is 3.80. The number of nitrogens with one attached hydrogen (secondary N) is 1. The van der Waals surface area contributed by atoms with Crippen LogP contribution in [0.15, 0.2) is 24.3 Å². The minimum Gasteiger partial charge on any atom is -0.481 e. The Hall–Kier alpha value is -1.35. The highest BCUT2D eigenvalue weighted by Crippen LogP contribution is 2.10. The van der Waals surface area contributed by atoms with E-state index >= 15 is 0 Å². The number of benzene rings is 1. The van der Waals surface area contributed by atoms with Crippen LogP contribution in [0.1, 0.15) is 57.1 Å². The minimum absolute atomic E-state index is 0.0246. The van der Waals surface area contributed by atoms with Crippen molar-refractivity contribution in [3.63, 3.8) is 0 Å². The van der Waals surface area contributed by atoms with Gasteiger partial charge >= 0.3 is 5.97 Å². The molecule has 1 aromatic rings. The fraction of sp³-hybridized carbons (Fsp3) is 0.611. The molecule has 118 valence electrons. The van der Waals surface area contributed by atoms with E-state index in [4.69, 9.17) is 5.11 Å². The standard InChI is InChI=1S/C18H29NO2/c1-3-5-6-7-12-19-17(14-18(20)21)13-16-10-8-15(4-2)9-11-16/h8-11,17,19H,3-7,12-14H2,1-2H3,(H,20,21). The Balaban J connectivity index is 2.45. The number of carboxylic acids is 1. The van der Waals surface area contributed by atoms with Crippen molar-refractivity contribution in [3.05, 3.63) is 35.4 Å². The molecule has 0 aliphatic heterocycles. The summed E-state index contributed by atoms with van der Waals surface area (Å²) in [7, 11) is 0. The fourth-order valence-corrected chi connectivity index (χ4v) is 2.48. The predicted molar refractivity (Wildman–Crippen MR) is 87.7 cm³/mol. The molecule has 3 heteroatoms. The average molecular weight is 291 g/mol. The van der Waals surface area contributed by atoms with E-state index < -0.39 is 5.97 Å². The Labute approximate surface area is 128 Å². The second-order valence-electron chi connectivity index (χ2n) is 5.68. The van der Waals surface area contributed by atoms with Crippen molar-refractivity contribution < 1.29 is 9.90 Å². The first-order valence-corrected chi connectivity index (χ1v) is 8.18. The Kier molecular flexibility index (Phi) is 8.76. The SMILES string of the molecule is CCCCCCNC(CC(=O)O)Cc1ccc(CC)cc1. The second kappa shape index (κ2) is 10.4. The van der Waals surface area contributed by atoms with Crippen LogP contribution in [-0.2, 0) is 17.6 Å². The largest absolute Gasteiger partial charge is 0.481 e. The Morgan fingerprint density at radius 2 is 1.76 bits per heavy atom. The number of aryl methyl sites for hydroxylation is 1. The summed E-state index contributed by atoms with van der Waals surface area (Å²) < 4.78 is 0. The third-order valence-electron chi connectivity index (χ3n) is 3.80. The van der Waals surface area contributed by atoms with Gasteiger partial charge in [-0.3, -0.25) is 4.79 Å². The summed E-state index contributed by atoms with van der Waals surface area (Å²) in [5.74, 6) is -0.730. The molecular formula is C18H29NO2. The summed E-state index contributed by atoms with van der Waals surface area (Å²) in [6.45, 7) is 5.24. The van der Waals surface area contributed by atoms with Crippen LogP contribution in [0.3, 0.4) is 0 Å². The molecule has 1 atom stereocenters. The molecule has 0 fully saturated rings. The average Bonchev–Trinajstić information content (AvgIpc) is 2.47. The van der Waals surface area contributed by atoms with Crippen molar-refractivity contribution in [1.29, 1.82) is 0 Å². The summed E-state index contributed by atoms with van der Waals surface area (Å²) in [5.41, 5.74) is 2.53. The number of hydrogen-bond donors (Lipinski definition) is 2. The summed E-state index contributed by atoms with van der Waals surface area (Å²) in [4.78, 5) is 11.0. The molecule has 0 heterocycles. The molecule has 0 amide bonds. The summed E-state index contributed by atoms with van der Waals surface area (Å²) >= 11 is 0. The molecule has 2 N–H and O–H groups in total. The van der Waals surface area contributed by atoms with Crippen molar-refractivity contribution in [2.75, 3.05) is 6.54 Å². The zero-order valence-electron chi connectivity index (χ0n) is 13.4. The zero-order chi connectivity index (χ0) is 15.5. The summed E-state index contributed by atoms with van der Waals surface area (Å²) in [6, 6.07) is 8.53. The van der Waals surface area contributed by atoms with Crippen LogP contribution in [0.5, 0.6) is 0 Å². The molecule has 0 aliphatic carbocycles. The second-order valence-corrected chi connectivity index (χ2v) is 5.68. The first-order chi connectivity index (χ1) is 10.2. The van der Waals surface area contributed by atoms with Gasteiger partial charge in [0.1, 0.15) is 0 Å². The zero-order valence-corrected chi connectivity index (χ0v) is 13.4. The van der Waals surface area contributed by atoms with Gasteiger partial charge in [0.05, 0.1) is 6.42 Å². The minimum atomic E-state index is -0.730. The van der Waals surface area contributed by atoms with Crippen LogP contribution in [0.25, 0.3) is 0 Å². The monoisotopic (exact) mass is 291 g/mol. The van der Waals surface area contributed by atoms with Gasteiger partial charge in [0.2, 0.25) is 0 Å². The van der Waals surface area contributed by atoms with Gasteiger partial charge in [0, 0.05) is 6.04 Å². The van der Waals surface area contributed by atoms with Gasteiger partial charge in [-0.2, -0.15) is 0 Å². The number of carboxylic acid groups (broad SMARTS) is 1. The topological polar surface area (TPSA) is 49.3 Å².